The number of nitrogens with zero attached hydrogens (tertiary/aromatic N) is 2. The highest BCUT2D eigenvalue weighted by Gasteiger charge is 2.22. The van der Waals surface area contributed by atoms with E-state index in [1.165, 1.54) is 5.56 Å². The molecule has 1 aliphatic heterocycles. The van der Waals surface area contributed by atoms with Gasteiger partial charge in [-0.2, -0.15) is 0 Å². The highest BCUT2D eigenvalue weighted by Crippen LogP contribution is 2.27. The maximum absolute atomic E-state index is 7.77. The molecule has 1 aromatic heterocycles. The summed E-state index contributed by atoms with van der Waals surface area (Å²) >= 11 is 5.84. The van der Waals surface area contributed by atoms with Crippen LogP contribution in [0.5, 0.6) is 0 Å². The molecule has 1 unspecified atom stereocenters. The Morgan fingerprint density at radius 2 is 2.12 bits per heavy atom. The zero-order chi connectivity index (χ0) is 11.8. The third-order valence-corrected chi connectivity index (χ3v) is 3.10. The van der Waals surface area contributed by atoms with Gasteiger partial charge >= 0.3 is 0 Å². The maximum atomic E-state index is 7.77. The molecule has 5 heteroatoms. The van der Waals surface area contributed by atoms with Gasteiger partial charge in [0.25, 0.3) is 0 Å². The summed E-state index contributed by atoms with van der Waals surface area (Å²) in [4.78, 5) is 3.93. The Hall–Kier alpha value is -1.81. The molecule has 2 N–H and O–H groups in total. The van der Waals surface area contributed by atoms with Gasteiger partial charge in [0.2, 0.25) is 5.62 Å². The second-order valence-electron chi connectivity index (χ2n) is 4.01. The largest absolute Gasteiger partial charge is 0.363 e. The van der Waals surface area contributed by atoms with Crippen LogP contribution in [0.2, 0.25) is 5.15 Å². The van der Waals surface area contributed by atoms with E-state index >= 15 is 0 Å². The van der Waals surface area contributed by atoms with Gasteiger partial charge in [0.15, 0.2) is 0 Å². The lowest BCUT2D eigenvalue weighted by molar-refractivity contribution is 0.634. The second-order valence-corrected chi connectivity index (χ2v) is 4.39. The summed E-state index contributed by atoms with van der Waals surface area (Å²) in [7, 11) is 0. The third-order valence-electron chi connectivity index (χ3n) is 2.90. The molecule has 1 atom stereocenters. The topological polar surface area (TPSA) is 53.7 Å². The Balaban J connectivity index is 1.99. The number of nitrogens with one attached hydrogen (secondary N) is 2. The second kappa shape index (κ2) is 3.89. The van der Waals surface area contributed by atoms with Crippen molar-refractivity contribution in [1.29, 1.82) is 5.41 Å². The average molecular weight is 247 g/mol. The van der Waals surface area contributed by atoms with Gasteiger partial charge in [0.1, 0.15) is 11.0 Å². The molecular formula is C12H11ClN4. The standard InChI is InChI=1S/C12H11ClN4/c13-10-6-11-15-9(7-17(11)12(14)16-10)8-4-2-1-3-5-8/h1-6,9,14-15H,7H2. The Morgan fingerprint density at radius 1 is 1.35 bits per heavy atom. The van der Waals surface area contributed by atoms with Crippen LogP contribution < -0.4 is 10.9 Å². The molecule has 86 valence electrons. The number of rotatable bonds is 1. The van der Waals surface area contributed by atoms with Crippen LogP contribution in [0, 0.1) is 5.41 Å². The van der Waals surface area contributed by atoms with Crippen molar-refractivity contribution < 1.29 is 0 Å². The first-order chi connectivity index (χ1) is 8.24. The molecule has 0 spiro atoms. The van der Waals surface area contributed by atoms with Gasteiger partial charge in [-0.1, -0.05) is 41.9 Å². The fourth-order valence-electron chi connectivity index (χ4n) is 2.08. The summed E-state index contributed by atoms with van der Waals surface area (Å²) in [6, 6.07) is 12.1. The van der Waals surface area contributed by atoms with E-state index in [-0.39, 0.29) is 11.7 Å². The van der Waals surface area contributed by atoms with Crippen LogP contribution in [0.4, 0.5) is 5.82 Å². The van der Waals surface area contributed by atoms with Crippen molar-refractivity contribution in [3.05, 3.63) is 52.7 Å². The number of benzene rings is 1. The van der Waals surface area contributed by atoms with Crippen molar-refractivity contribution in [1.82, 2.24) is 9.55 Å². The minimum absolute atomic E-state index is 0.181. The van der Waals surface area contributed by atoms with Crippen LogP contribution in [-0.4, -0.2) is 9.55 Å². The summed E-state index contributed by atoms with van der Waals surface area (Å²) in [5.41, 5.74) is 1.39. The van der Waals surface area contributed by atoms with Gasteiger partial charge in [-0.05, 0) is 5.56 Å². The Morgan fingerprint density at radius 3 is 2.88 bits per heavy atom. The van der Waals surface area contributed by atoms with Gasteiger partial charge in [0, 0.05) is 6.07 Å². The molecule has 0 saturated heterocycles. The summed E-state index contributed by atoms with van der Waals surface area (Å²) in [6.45, 7) is 0.711. The zero-order valence-electron chi connectivity index (χ0n) is 9.02. The highest BCUT2D eigenvalue weighted by molar-refractivity contribution is 6.29. The molecule has 0 fully saturated rings. The number of anilines is 1. The fourth-order valence-corrected chi connectivity index (χ4v) is 2.27. The molecule has 1 aliphatic rings. The molecule has 17 heavy (non-hydrogen) atoms. The van der Waals surface area contributed by atoms with Crippen molar-refractivity contribution >= 4 is 17.4 Å². The molecule has 2 heterocycles. The molecule has 0 saturated carbocycles. The minimum atomic E-state index is 0.181. The normalized spacial score (nSPS) is 17.6. The lowest BCUT2D eigenvalue weighted by Crippen LogP contribution is -2.21. The van der Waals surface area contributed by atoms with E-state index in [1.54, 1.807) is 6.07 Å². The average Bonchev–Trinajstić information content (AvgIpc) is 2.74. The summed E-state index contributed by atoms with van der Waals surface area (Å²) < 4.78 is 1.82. The van der Waals surface area contributed by atoms with Gasteiger partial charge in [-0.15, -0.1) is 0 Å². The lowest BCUT2D eigenvalue weighted by Gasteiger charge is -2.09. The van der Waals surface area contributed by atoms with Crippen LogP contribution in [0.15, 0.2) is 36.4 Å². The van der Waals surface area contributed by atoms with Crippen LogP contribution in [0.3, 0.4) is 0 Å². The first kappa shape index (κ1) is 10.4. The Labute approximate surface area is 103 Å². The van der Waals surface area contributed by atoms with Crippen molar-refractivity contribution in [2.45, 2.75) is 12.6 Å². The van der Waals surface area contributed by atoms with Gasteiger partial charge < -0.3 is 5.32 Å². The van der Waals surface area contributed by atoms with Gasteiger partial charge in [0.05, 0.1) is 12.6 Å². The molecule has 0 bridgehead atoms. The predicted molar refractivity (Wildman–Crippen MR) is 65.9 cm³/mol. The third kappa shape index (κ3) is 1.80. The van der Waals surface area contributed by atoms with Crippen molar-refractivity contribution in [3.8, 4) is 0 Å². The molecule has 0 radical (unpaired) electrons. The van der Waals surface area contributed by atoms with E-state index in [2.05, 4.69) is 22.4 Å². The van der Waals surface area contributed by atoms with E-state index in [9.17, 15) is 0 Å². The summed E-state index contributed by atoms with van der Waals surface area (Å²) in [6.07, 6.45) is 0. The predicted octanol–water partition coefficient (Wildman–Crippen LogP) is 2.18. The first-order valence-corrected chi connectivity index (χ1v) is 5.75. The van der Waals surface area contributed by atoms with E-state index in [0.29, 0.717) is 11.7 Å². The zero-order valence-corrected chi connectivity index (χ0v) is 9.78. The molecular weight excluding hydrogens is 236 g/mol. The monoisotopic (exact) mass is 246 g/mol. The van der Waals surface area contributed by atoms with Gasteiger partial charge in [-0.25, -0.2) is 4.98 Å². The molecule has 4 nitrogen and oxygen atoms in total. The molecule has 0 amide bonds. The quantitative estimate of drug-likeness (QED) is 0.758. The number of fused-ring (bicyclic) bond motifs is 1. The molecule has 3 rings (SSSR count). The first-order valence-electron chi connectivity index (χ1n) is 5.37. The molecule has 0 aliphatic carbocycles. The lowest BCUT2D eigenvalue weighted by atomic mass is 10.1. The van der Waals surface area contributed by atoms with Crippen molar-refractivity contribution in [3.63, 3.8) is 0 Å². The Bertz CT molecular complexity index is 606. The summed E-state index contributed by atoms with van der Waals surface area (Å²) in [5, 5.41) is 11.5. The van der Waals surface area contributed by atoms with E-state index < -0.39 is 0 Å². The van der Waals surface area contributed by atoms with E-state index in [0.717, 1.165) is 5.82 Å². The molecule has 1 aromatic carbocycles. The van der Waals surface area contributed by atoms with Crippen LogP contribution in [0.1, 0.15) is 11.6 Å². The Kier molecular flexibility index (Phi) is 2.37. The van der Waals surface area contributed by atoms with Crippen LogP contribution in [0.25, 0.3) is 0 Å². The SMILES string of the molecule is N=c1nc(Cl)cc2n1CC(c1ccccc1)N2. The summed E-state index contributed by atoms with van der Waals surface area (Å²) in [5.74, 6) is 0.851. The van der Waals surface area contributed by atoms with Crippen LogP contribution >= 0.6 is 11.6 Å². The number of halogens is 1. The maximum Gasteiger partial charge on any atom is 0.224 e. The number of hydrogen-bond donors (Lipinski definition) is 2. The van der Waals surface area contributed by atoms with Crippen LogP contribution in [-0.2, 0) is 6.54 Å². The van der Waals surface area contributed by atoms with E-state index in [1.807, 2.05) is 22.8 Å². The molecule has 2 aromatic rings. The van der Waals surface area contributed by atoms with E-state index in [4.69, 9.17) is 17.0 Å². The minimum Gasteiger partial charge on any atom is -0.363 e. The highest BCUT2D eigenvalue weighted by atomic mass is 35.5. The van der Waals surface area contributed by atoms with Gasteiger partial charge in [-0.3, -0.25) is 9.98 Å². The number of hydrogen-bond acceptors (Lipinski definition) is 3. The smallest absolute Gasteiger partial charge is 0.224 e. The van der Waals surface area contributed by atoms with Crippen molar-refractivity contribution in [2.24, 2.45) is 0 Å². The van der Waals surface area contributed by atoms with Crippen molar-refractivity contribution in [2.75, 3.05) is 5.32 Å². The number of aromatic nitrogens is 2. The fraction of sp³-hybridized carbons (Fsp3) is 0.167.